The van der Waals surface area contributed by atoms with Gasteiger partial charge in [-0.25, -0.2) is 8.42 Å². The molecule has 0 aliphatic carbocycles. The minimum atomic E-state index is -3.63. The number of hydrogen-bond donors (Lipinski definition) is 2. The Balaban J connectivity index is 1.51. The van der Waals surface area contributed by atoms with Crippen LogP contribution in [0.1, 0.15) is 48.1 Å². The van der Waals surface area contributed by atoms with Crippen molar-refractivity contribution < 1.29 is 22.7 Å². The summed E-state index contributed by atoms with van der Waals surface area (Å²) >= 11 is 1.23. The smallest absolute Gasteiger partial charge is 0.251 e. The van der Waals surface area contributed by atoms with E-state index in [2.05, 4.69) is 20.8 Å². The highest BCUT2D eigenvalue weighted by molar-refractivity contribution is 7.99. The van der Waals surface area contributed by atoms with Gasteiger partial charge in [0, 0.05) is 30.0 Å². The van der Waals surface area contributed by atoms with Crippen LogP contribution in [0.2, 0.25) is 0 Å². The average molecular weight is 651 g/mol. The molecule has 238 valence electrons. The van der Waals surface area contributed by atoms with Crippen molar-refractivity contribution in [3.8, 4) is 11.4 Å². The maximum Gasteiger partial charge on any atom is 0.251 e. The number of amides is 2. The zero-order chi connectivity index (χ0) is 32.6. The van der Waals surface area contributed by atoms with Crippen molar-refractivity contribution in [2.45, 2.75) is 51.2 Å². The zero-order valence-electron chi connectivity index (χ0n) is 26.0. The van der Waals surface area contributed by atoms with E-state index in [1.165, 1.54) is 40.3 Å². The molecule has 2 N–H and O–H groups in total. The molecule has 0 fully saturated rings. The Bertz CT molecular complexity index is 1730. The van der Waals surface area contributed by atoms with Gasteiger partial charge in [-0.05, 0) is 86.5 Å². The number of benzene rings is 3. The van der Waals surface area contributed by atoms with Crippen LogP contribution in [0.3, 0.4) is 0 Å². The fraction of sp³-hybridized carbons (Fsp3) is 0.312. The predicted octanol–water partition coefficient (Wildman–Crippen LogP) is 4.97. The van der Waals surface area contributed by atoms with Crippen LogP contribution in [0.15, 0.2) is 76.8 Å². The van der Waals surface area contributed by atoms with E-state index < -0.39 is 15.9 Å². The molecule has 2 amide bonds. The van der Waals surface area contributed by atoms with Gasteiger partial charge in [-0.15, -0.1) is 10.2 Å². The summed E-state index contributed by atoms with van der Waals surface area (Å²) in [5.74, 6) is 0.669. The largest absolute Gasteiger partial charge is 0.494 e. The van der Waals surface area contributed by atoms with Crippen molar-refractivity contribution in [3.63, 3.8) is 0 Å². The summed E-state index contributed by atoms with van der Waals surface area (Å²) in [6.45, 7) is 10.6. The van der Waals surface area contributed by atoms with E-state index >= 15 is 0 Å². The van der Waals surface area contributed by atoms with Gasteiger partial charge >= 0.3 is 0 Å². The highest BCUT2D eigenvalue weighted by Gasteiger charge is 2.22. The molecule has 3 aromatic carbocycles. The fourth-order valence-corrected chi connectivity index (χ4v) is 6.79. The molecule has 13 heteroatoms. The maximum absolute atomic E-state index is 13.0. The molecule has 11 nitrogen and oxygen atoms in total. The van der Waals surface area contributed by atoms with Gasteiger partial charge in [0.1, 0.15) is 5.75 Å². The monoisotopic (exact) mass is 650 g/mol. The Kier molecular flexibility index (Phi) is 11.4. The Morgan fingerprint density at radius 2 is 1.62 bits per heavy atom. The minimum absolute atomic E-state index is 0.0355. The quantitative estimate of drug-likeness (QED) is 0.183. The topological polar surface area (TPSA) is 136 Å². The third-order valence-corrected chi connectivity index (χ3v) is 9.97. The molecular formula is C32H38N6O5S2. The van der Waals surface area contributed by atoms with Gasteiger partial charge in [0.2, 0.25) is 15.9 Å². The Morgan fingerprint density at radius 1 is 0.933 bits per heavy atom. The first kappa shape index (κ1) is 33.7. The molecule has 45 heavy (non-hydrogen) atoms. The molecule has 0 atom stereocenters. The van der Waals surface area contributed by atoms with Crippen molar-refractivity contribution in [1.82, 2.24) is 24.4 Å². The molecule has 4 rings (SSSR count). The van der Waals surface area contributed by atoms with Gasteiger partial charge in [-0.3, -0.25) is 14.2 Å². The van der Waals surface area contributed by atoms with Crippen molar-refractivity contribution >= 4 is 39.3 Å². The van der Waals surface area contributed by atoms with Crippen LogP contribution < -0.4 is 15.4 Å². The standard InChI is InChI=1S/C32H38N6O5S2/c1-6-37(7-2)45(41,42)27-17-11-24(12-18-27)31(40)33-20-29-35-36-32(38(29)25-13-15-26(16-14-25)43-8-3)44-21-30(39)34-28-19-22(4)9-10-23(28)5/h9-19H,6-8,20-21H2,1-5H3,(H,33,40)(H,34,39). The number of aromatic nitrogens is 3. The van der Waals surface area contributed by atoms with Gasteiger partial charge < -0.3 is 15.4 Å². The number of rotatable bonds is 14. The number of thioether (sulfide) groups is 1. The summed E-state index contributed by atoms with van der Waals surface area (Å²) in [7, 11) is -3.63. The number of carbonyl (C=O) groups excluding carboxylic acids is 2. The van der Waals surface area contributed by atoms with Gasteiger partial charge in [-0.1, -0.05) is 37.7 Å². The number of nitrogens with one attached hydrogen (secondary N) is 2. The third kappa shape index (κ3) is 8.29. The molecule has 1 heterocycles. The van der Waals surface area contributed by atoms with Crippen LogP contribution in [-0.4, -0.2) is 64.8 Å². The van der Waals surface area contributed by atoms with Crippen molar-refractivity contribution in [3.05, 3.63) is 89.2 Å². The van der Waals surface area contributed by atoms with Crippen LogP contribution in [0.5, 0.6) is 5.75 Å². The number of carbonyl (C=O) groups is 2. The highest BCUT2D eigenvalue weighted by atomic mass is 32.2. The zero-order valence-corrected chi connectivity index (χ0v) is 27.7. The SMILES string of the molecule is CCOc1ccc(-n2c(CNC(=O)c3ccc(S(=O)(=O)N(CC)CC)cc3)nnc2SCC(=O)Nc2cc(C)ccc2C)cc1. The number of anilines is 1. The number of nitrogens with zero attached hydrogens (tertiary/aromatic N) is 4. The lowest BCUT2D eigenvalue weighted by molar-refractivity contribution is -0.113. The number of sulfonamides is 1. The summed E-state index contributed by atoms with van der Waals surface area (Å²) in [5.41, 5.74) is 3.81. The van der Waals surface area contributed by atoms with Gasteiger partial charge in [0.05, 0.1) is 23.8 Å². The Labute approximate surface area is 268 Å². The molecule has 1 aromatic heterocycles. The number of aryl methyl sites for hydroxylation is 2. The normalized spacial score (nSPS) is 11.4. The average Bonchev–Trinajstić information content (AvgIpc) is 3.44. The maximum atomic E-state index is 13.0. The summed E-state index contributed by atoms with van der Waals surface area (Å²) in [5, 5.41) is 14.9. The van der Waals surface area contributed by atoms with E-state index in [1.54, 1.807) is 18.4 Å². The number of ether oxygens (including phenoxy) is 1. The molecule has 0 spiro atoms. The van der Waals surface area contributed by atoms with E-state index in [9.17, 15) is 18.0 Å². The van der Waals surface area contributed by atoms with Crippen LogP contribution in [0, 0.1) is 13.8 Å². The second-order valence-electron chi connectivity index (χ2n) is 10.1. The van der Waals surface area contributed by atoms with E-state index in [0.29, 0.717) is 42.0 Å². The van der Waals surface area contributed by atoms with Crippen LogP contribution in [0.25, 0.3) is 5.69 Å². The van der Waals surface area contributed by atoms with Crippen LogP contribution in [0.4, 0.5) is 5.69 Å². The number of hydrogen-bond acceptors (Lipinski definition) is 8. The second-order valence-corrected chi connectivity index (χ2v) is 13.0. The fourth-order valence-electron chi connectivity index (χ4n) is 4.56. The first-order chi connectivity index (χ1) is 21.6. The predicted molar refractivity (Wildman–Crippen MR) is 176 cm³/mol. The first-order valence-electron chi connectivity index (χ1n) is 14.6. The van der Waals surface area contributed by atoms with Crippen LogP contribution >= 0.6 is 11.8 Å². The molecular weight excluding hydrogens is 613 g/mol. The molecule has 0 radical (unpaired) electrons. The lowest BCUT2D eigenvalue weighted by Gasteiger charge is -2.18. The van der Waals surface area contributed by atoms with Crippen LogP contribution in [-0.2, 0) is 21.4 Å². The highest BCUT2D eigenvalue weighted by Crippen LogP contribution is 2.25. The lowest BCUT2D eigenvalue weighted by Crippen LogP contribution is -2.30. The Morgan fingerprint density at radius 3 is 2.27 bits per heavy atom. The third-order valence-electron chi connectivity index (χ3n) is 6.97. The first-order valence-corrected chi connectivity index (χ1v) is 17.1. The molecule has 4 aromatic rings. The van der Waals surface area contributed by atoms with Gasteiger partial charge in [-0.2, -0.15) is 4.31 Å². The minimum Gasteiger partial charge on any atom is -0.494 e. The molecule has 0 aliphatic heterocycles. The van der Waals surface area contributed by atoms with Crippen molar-refractivity contribution in [2.24, 2.45) is 0 Å². The molecule has 0 bridgehead atoms. The summed E-state index contributed by atoms with van der Waals surface area (Å²) < 4.78 is 34.3. The lowest BCUT2D eigenvalue weighted by atomic mass is 10.1. The molecule has 0 saturated carbocycles. The van der Waals surface area contributed by atoms with Gasteiger partial charge in [0.15, 0.2) is 11.0 Å². The van der Waals surface area contributed by atoms with E-state index in [4.69, 9.17) is 4.74 Å². The van der Waals surface area contributed by atoms with Crippen molar-refractivity contribution in [1.29, 1.82) is 0 Å². The van der Waals surface area contributed by atoms with E-state index in [-0.39, 0.29) is 23.1 Å². The van der Waals surface area contributed by atoms with E-state index in [1.807, 2.05) is 63.2 Å². The molecule has 0 aliphatic rings. The molecule has 0 saturated heterocycles. The Hall–Kier alpha value is -4.20. The molecule has 0 unspecified atom stereocenters. The van der Waals surface area contributed by atoms with Gasteiger partial charge in [0.25, 0.3) is 5.91 Å². The van der Waals surface area contributed by atoms with Crippen molar-refractivity contribution in [2.75, 3.05) is 30.8 Å². The summed E-state index contributed by atoms with van der Waals surface area (Å²) in [4.78, 5) is 26.0. The second kappa shape index (κ2) is 15.2. The van der Waals surface area contributed by atoms with E-state index in [0.717, 1.165) is 22.5 Å². The summed E-state index contributed by atoms with van der Waals surface area (Å²) in [6, 6.07) is 19.1. The summed E-state index contributed by atoms with van der Waals surface area (Å²) in [6.07, 6.45) is 0.